The molecule has 1 aliphatic heterocycles. The van der Waals surface area contributed by atoms with Gasteiger partial charge < -0.3 is 10.2 Å². The number of rotatable bonds is 4. The molecule has 26 heavy (non-hydrogen) atoms. The Morgan fingerprint density at radius 3 is 2.69 bits per heavy atom. The minimum atomic E-state index is -0.431. The van der Waals surface area contributed by atoms with Crippen molar-refractivity contribution >= 4 is 34.8 Å². The van der Waals surface area contributed by atoms with Gasteiger partial charge in [0.2, 0.25) is 5.91 Å². The smallest absolute Gasteiger partial charge is 0.292 e. The van der Waals surface area contributed by atoms with Gasteiger partial charge in [0.05, 0.1) is 23.6 Å². The number of carbonyl (C=O) groups excluding carboxylic acids is 1. The Hall–Kier alpha value is -2.05. The molecule has 6 nitrogen and oxygen atoms in total. The average molecular weight is 393 g/mol. The second-order valence-corrected chi connectivity index (χ2v) is 7.63. The van der Waals surface area contributed by atoms with Crippen LogP contribution >= 0.6 is 23.2 Å². The summed E-state index contributed by atoms with van der Waals surface area (Å²) in [5, 5.41) is 8.01. The molecular weight excluding hydrogens is 375 g/mol. The zero-order valence-corrected chi connectivity index (χ0v) is 15.7. The van der Waals surface area contributed by atoms with Gasteiger partial charge in [-0.25, -0.2) is 0 Å². The van der Waals surface area contributed by atoms with E-state index in [9.17, 15) is 9.59 Å². The molecule has 0 spiro atoms. The van der Waals surface area contributed by atoms with Gasteiger partial charge in [-0.1, -0.05) is 29.3 Å². The second-order valence-electron chi connectivity index (χ2n) is 6.85. The number of carbonyl (C=O) groups is 1. The molecule has 1 amide bonds. The number of nitrogens with zero attached hydrogens (tertiary/aromatic N) is 3. The highest BCUT2D eigenvalue weighted by molar-refractivity contribution is 6.33. The molecule has 0 radical (unpaired) electrons. The molecule has 8 heteroatoms. The summed E-state index contributed by atoms with van der Waals surface area (Å²) >= 11 is 12.4. The summed E-state index contributed by atoms with van der Waals surface area (Å²) in [5.74, 6) is 0.150. The van der Waals surface area contributed by atoms with E-state index in [1.54, 1.807) is 12.1 Å². The molecule has 2 aliphatic rings. The molecule has 2 aromatic rings. The number of aromatic nitrogens is 2. The first kappa shape index (κ1) is 17.4. The van der Waals surface area contributed by atoms with Crippen molar-refractivity contribution in [1.29, 1.82) is 0 Å². The highest BCUT2D eigenvalue weighted by Crippen LogP contribution is 2.32. The number of nitrogens with one attached hydrogen (secondary N) is 1. The molecule has 1 unspecified atom stereocenters. The fourth-order valence-corrected chi connectivity index (χ4v) is 3.58. The van der Waals surface area contributed by atoms with Crippen molar-refractivity contribution < 1.29 is 4.79 Å². The van der Waals surface area contributed by atoms with Crippen molar-refractivity contribution in [2.75, 3.05) is 11.9 Å². The van der Waals surface area contributed by atoms with Crippen LogP contribution < -0.4 is 10.9 Å². The molecule has 2 fully saturated rings. The monoisotopic (exact) mass is 392 g/mol. The molecule has 4 rings (SSSR count). The number of amides is 1. The van der Waals surface area contributed by atoms with Gasteiger partial charge in [-0.05, 0) is 37.5 Å². The van der Waals surface area contributed by atoms with Gasteiger partial charge in [-0.3, -0.25) is 9.59 Å². The Labute approximate surface area is 160 Å². The lowest BCUT2D eigenvalue weighted by Gasteiger charge is -2.17. The fourth-order valence-electron chi connectivity index (χ4n) is 3.22. The van der Waals surface area contributed by atoms with E-state index in [0.717, 1.165) is 18.4 Å². The van der Waals surface area contributed by atoms with E-state index >= 15 is 0 Å². The van der Waals surface area contributed by atoms with E-state index in [-0.39, 0.29) is 17.0 Å². The summed E-state index contributed by atoms with van der Waals surface area (Å²) < 4.78 is 1.22. The van der Waals surface area contributed by atoms with E-state index in [1.165, 1.54) is 10.9 Å². The van der Waals surface area contributed by atoms with E-state index in [1.807, 2.05) is 17.9 Å². The summed E-state index contributed by atoms with van der Waals surface area (Å²) in [6, 6.07) is 5.59. The van der Waals surface area contributed by atoms with Crippen molar-refractivity contribution in [3.05, 3.63) is 50.4 Å². The van der Waals surface area contributed by atoms with Crippen LogP contribution in [-0.4, -0.2) is 39.2 Å². The fraction of sp³-hybridized carbons (Fsp3) is 0.389. The molecule has 1 aromatic carbocycles. The van der Waals surface area contributed by atoms with Gasteiger partial charge in [-0.15, -0.1) is 0 Å². The number of halogens is 2. The third-order valence-electron chi connectivity index (χ3n) is 4.82. The van der Waals surface area contributed by atoms with Gasteiger partial charge >= 0.3 is 0 Å². The largest absolute Gasteiger partial charge is 0.377 e. The maximum absolute atomic E-state index is 12.6. The summed E-state index contributed by atoms with van der Waals surface area (Å²) in [4.78, 5) is 26.6. The third-order valence-corrected chi connectivity index (χ3v) is 5.60. The Morgan fingerprint density at radius 2 is 2.00 bits per heavy atom. The molecule has 1 atom stereocenters. The van der Waals surface area contributed by atoms with Crippen LogP contribution in [-0.2, 0) is 4.79 Å². The van der Waals surface area contributed by atoms with Crippen molar-refractivity contribution in [2.24, 2.45) is 0 Å². The van der Waals surface area contributed by atoms with E-state index in [0.29, 0.717) is 35.4 Å². The maximum Gasteiger partial charge on any atom is 0.292 e. The first-order valence-electron chi connectivity index (χ1n) is 8.54. The van der Waals surface area contributed by atoms with Gasteiger partial charge in [-0.2, -0.15) is 9.78 Å². The lowest BCUT2D eigenvalue weighted by atomic mass is 10.2. The molecule has 136 valence electrons. The maximum atomic E-state index is 12.6. The minimum Gasteiger partial charge on any atom is -0.377 e. The standard InChI is InChI=1S/C18H18Cl2N4O2/c1-10-2-3-13(7-14(10)19)24-18(26)17(20)15(8-21-24)22-11-6-16(25)23(9-11)12-4-5-12/h2-3,7-8,11-12,22H,4-6,9H2,1H3. The molecule has 0 bridgehead atoms. The first-order valence-corrected chi connectivity index (χ1v) is 9.30. The predicted molar refractivity (Wildman–Crippen MR) is 101 cm³/mol. The van der Waals surface area contributed by atoms with Crippen LogP contribution in [0.25, 0.3) is 5.69 Å². The molecular formula is C18H18Cl2N4O2. The third kappa shape index (κ3) is 3.19. The predicted octanol–water partition coefficient (Wildman–Crippen LogP) is 3.02. The lowest BCUT2D eigenvalue weighted by molar-refractivity contribution is -0.128. The quantitative estimate of drug-likeness (QED) is 0.867. The van der Waals surface area contributed by atoms with Gasteiger partial charge in [0, 0.05) is 24.0 Å². The topological polar surface area (TPSA) is 67.2 Å². The summed E-state index contributed by atoms with van der Waals surface area (Å²) in [6.07, 6.45) is 4.08. The highest BCUT2D eigenvalue weighted by atomic mass is 35.5. The van der Waals surface area contributed by atoms with Crippen LogP contribution in [0.5, 0.6) is 0 Å². The summed E-state index contributed by atoms with van der Waals surface area (Å²) in [6.45, 7) is 2.52. The van der Waals surface area contributed by atoms with Crippen molar-refractivity contribution in [3.63, 3.8) is 0 Å². The number of benzene rings is 1. The van der Waals surface area contributed by atoms with Crippen LogP contribution in [0.2, 0.25) is 10.0 Å². The number of hydrogen-bond acceptors (Lipinski definition) is 4. The SMILES string of the molecule is Cc1ccc(-n2ncc(NC3CC(=O)N(C4CC4)C3)c(Cl)c2=O)cc1Cl. The van der Waals surface area contributed by atoms with Crippen molar-refractivity contribution in [3.8, 4) is 5.69 Å². The molecule has 1 aromatic heterocycles. The van der Waals surface area contributed by atoms with Gasteiger partial charge in [0.15, 0.2) is 0 Å². The van der Waals surface area contributed by atoms with E-state index < -0.39 is 5.56 Å². The normalized spacial score (nSPS) is 19.9. The number of anilines is 1. The van der Waals surface area contributed by atoms with Gasteiger partial charge in [0.25, 0.3) is 5.56 Å². The number of aryl methyl sites for hydroxylation is 1. The van der Waals surface area contributed by atoms with Crippen LogP contribution in [0.15, 0.2) is 29.2 Å². The van der Waals surface area contributed by atoms with Crippen LogP contribution in [0, 0.1) is 6.92 Å². The zero-order valence-electron chi connectivity index (χ0n) is 14.2. The Kier molecular flexibility index (Phi) is 4.40. The van der Waals surface area contributed by atoms with Gasteiger partial charge in [0.1, 0.15) is 5.02 Å². The Bertz CT molecular complexity index is 939. The molecule has 1 saturated heterocycles. The minimum absolute atomic E-state index is 0.0500. The Balaban J connectivity index is 1.57. The number of likely N-dealkylation sites (tertiary alicyclic amines) is 1. The molecule has 1 aliphatic carbocycles. The summed E-state index contributed by atoms with van der Waals surface area (Å²) in [7, 11) is 0. The first-order chi connectivity index (χ1) is 12.4. The van der Waals surface area contributed by atoms with Crippen LogP contribution in [0.1, 0.15) is 24.8 Å². The Morgan fingerprint density at radius 1 is 1.23 bits per heavy atom. The summed E-state index contributed by atoms with van der Waals surface area (Å²) in [5.41, 5.74) is 1.48. The average Bonchev–Trinajstić information content (AvgIpc) is 3.38. The number of hydrogen-bond donors (Lipinski definition) is 1. The zero-order chi connectivity index (χ0) is 18.4. The molecule has 1 saturated carbocycles. The van der Waals surface area contributed by atoms with Crippen LogP contribution in [0.3, 0.4) is 0 Å². The van der Waals surface area contributed by atoms with Crippen LogP contribution in [0.4, 0.5) is 5.69 Å². The molecule has 2 heterocycles. The van der Waals surface area contributed by atoms with E-state index in [4.69, 9.17) is 23.2 Å². The highest BCUT2D eigenvalue weighted by Gasteiger charge is 2.39. The van der Waals surface area contributed by atoms with Crippen molar-refractivity contribution in [2.45, 2.75) is 38.3 Å². The van der Waals surface area contributed by atoms with E-state index in [2.05, 4.69) is 10.4 Å². The lowest BCUT2D eigenvalue weighted by Crippen LogP contribution is -2.30. The van der Waals surface area contributed by atoms with Crippen molar-refractivity contribution in [1.82, 2.24) is 14.7 Å². The second kappa shape index (κ2) is 6.59. The molecule has 1 N–H and O–H groups in total.